The van der Waals surface area contributed by atoms with Crippen LogP contribution >= 0.6 is 11.3 Å². The fourth-order valence-corrected chi connectivity index (χ4v) is 2.28. The number of aromatic nitrogens is 4. The average molecular weight is 260 g/mol. The van der Waals surface area contributed by atoms with Crippen molar-refractivity contribution in [2.75, 3.05) is 0 Å². The maximum absolute atomic E-state index is 10.9. The third kappa shape index (κ3) is 1.65. The Bertz CT molecular complexity index is 733. The fourth-order valence-electron chi connectivity index (χ4n) is 1.63. The van der Waals surface area contributed by atoms with Gasteiger partial charge in [-0.15, -0.1) is 16.4 Å². The lowest BCUT2D eigenvalue weighted by molar-refractivity contribution is 0.0690. The number of fused-ring (bicyclic) bond motifs is 1. The Morgan fingerprint density at radius 1 is 1.44 bits per heavy atom. The smallest absolute Gasteiger partial charge is 0.354 e. The van der Waals surface area contributed by atoms with Crippen LogP contribution in [0, 0.1) is 6.92 Å². The van der Waals surface area contributed by atoms with E-state index in [0.29, 0.717) is 17.3 Å². The zero-order valence-electron chi connectivity index (χ0n) is 9.36. The SMILES string of the molecule is Cc1cc(C(=O)O)nc2nc(-c3cccs3)nn12. The molecule has 0 spiro atoms. The Balaban J connectivity index is 2.23. The number of hydrogen-bond donors (Lipinski definition) is 1. The Morgan fingerprint density at radius 2 is 2.28 bits per heavy atom. The van der Waals surface area contributed by atoms with E-state index in [-0.39, 0.29) is 5.69 Å². The van der Waals surface area contributed by atoms with Gasteiger partial charge in [-0.25, -0.2) is 14.3 Å². The second kappa shape index (κ2) is 3.88. The number of carbonyl (C=O) groups is 1. The summed E-state index contributed by atoms with van der Waals surface area (Å²) in [6.45, 7) is 1.77. The van der Waals surface area contributed by atoms with E-state index < -0.39 is 5.97 Å². The van der Waals surface area contributed by atoms with Gasteiger partial charge in [-0.2, -0.15) is 4.98 Å². The number of carboxylic acids is 1. The van der Waals surface area contributed by atoms with E-state index >= 15 is 0 Å². The van der Waals surface area contributed by atoms with Crippen LogP contribution in [0.5, 0.6) is 0 Å². The molecule has 7 heteroatoms. The van der Waals surface area contributed by atoms with Crippen LogP contribution in [0.15, 0.2) is 23.6 Å². The van der Waals surface area contributed by atoms with Crippen molar-refractivity contribution in [1.82, 2.24) is 19.6 Å². The molecule has 0 radical (unpaired) electrons. The predicted octanol–water partition coefficient (Wildman–Crippen LogP) is 1.86. The summed E-state index contributed by atoms with van der Waals surface area (Å²) in [7, 11) is 0. The van der Waals surface area contributed by atoms with E-state index in [1.165, 1.54) is 17.4 Å². The maximum atomic E-state index is 10.9. The summed E-state index contributed by atoms with van der Waals surface area (Å²) in [6, 6.07) is 5.30. The number of thiophene rings is 1. The standard InChI is InChI=1S/C11H8N4O2S/c1-6-5-7(10(16)17)12-11-13-9(14-15(6)11)8-3-2-4-18-8/h2-5H,1H3,(H,16,17). The number of nitrogens with zero attached hydrogens (tertiary/aromatic N) is 4. The monoisotopic (exact) mass is 260 g/mol. The van der Waals surface area contributed by atoms with Crippen molar-refractivity contribution in [3.63, 3.8) is 0 Å². The molecule has 1 N–H and O–H groups in total. The quantitative estimate of drug-likeness (QED) is 0.760. The molecule has 0 amide bonds. The molecule has 0 aliphatic heterocycles. The van der Waals surface area contributed by atoms with E-state index in [1.807, 2.05) is 17.5 Å². The molecule has 0 saturated heterocycles. The first-order chi connectivity index (χ1) is 8.65. The summed E-state index contributed by atoms with van der Waals surface area (Å²) in [5.74, 6) is -0.208. The molecule has 3 rings (SSSR count). The summed E-state index contributed by atoms with van der Waals surface area (Å²) < 4.78 is 1.54. The number of carboxylic acid groups (broad SMARTS) is 1. The van der Waals surface area contributed by atoms with Crippen LogP contribution in [0.25, 0.3) is 16.5 Å². The molecule has 0 aliphatic carbocycles. The second-order valence-electron chi connectivity index (χ2n) is 3.71. The van der Waals surface area contributed by atoms with Gasteiger partial charge < -0.3 is 5.11 Å². The highest BCUT2D eigenvalue weighted by Gasteiger charge is 2.13. The van der Waals surface area contributed by atoms with Crippen LogP contribution in [0.1, 0.15) is 16.2 Å². The zero-order valence-corrected chi connectivity index (χ0v) is 10.2. The summed E-state index contributed by atoms with van der Waals surface area (Å²) >= 11 is 1.53. The van der Waals surface area contributed by atoms with E-state index in [9.17, 15) is 4.79 Å². The molecule has 0 fully saturated rings. The van der Waals surface area contributed by atoms with Gasteiger partial charge in [0.1, 0.15) is 0 Å². The van der Waals surface area contributed by atoms with Gasteiger partial charge in [-0.1, -0.05) is 6.07 Å². The Morgan fingerprint density at radius 3 is 2.94 bits per heavy atom. The highest BCUT2D eigenvalue weighted by atomic mass is 32.1. The van der Waals surface area contributed by atoms with Gasteiger partial charge >= 0.3 is 5.97 Å². The average Bonchev–Trinajstić information content (AvgIpc) is 2.96. The van der Waals surface area contributed by atoms with Crippen molar-refractivity contribution in [2.45, 2.75) is 6.92 Å². The molecule has 0 unspecified atom stereocenters. The molecule has 90 valence electrons. The summed E-state index contributed by atoms with van der Waals surface area (Å²) in [5, 5.41) is 15.2. The Labute approximate surface area is 106 Å². The molecular weight excluding hydrogens is 252 g/mol. The highest BCUT2D eigenvalue weighted by Crippen LogP contribution is 2.21. The third-order valence-electron chi connectivity index (χ3n) is 2.45. The van der Waals surface area contributed by atoms with Gasteiger partial charge in [0, 0.05) is 5.69 Å². The molecule has 0 atom stereocenters. The van der Waals surface area contributed by atoms with Crippen molar-refractivity contribution >= 4 is 23.1 Å². The van der Waals surface area contributed by atoms with Gasteiger partial charge in [0.2, 0.25) is 0 Å². The normalized spacial score (nSPS) is 10.9. The lowest BCUT2D eigenvalue weighted by Gasteiger charge is -1.98. The first-order valence-corrected chi connectivity index (χ1v) is 6.05. The minimum absolute atomic E-state index is 0.0230. The van der Waals surface area contributed by atoms with Gasteiger partial charge in [0.25, 0.3) is 5.78 Å². The zero-order chi connectivity index (χ0) is 12.7. The molecule has 3 heterocycles. The Hall–Kier alpha value is -2.28. The molecule has 6 nitrogen and oxygen atoms in total. The topological polar surface area (TPSA) is 80.4 Å². The Kier molecular flexibility index (Phi) is 2.34. The van der Waals surface area contributed by atoms with Crippen molar-refractivity contribution in [3.8, 4) is 10.7 Å². The third-order valence-corrected chi connectivity index (χ3v) is 3.32. The molecule has 0 aliphatic rings. The molecule has 0 saturated carbocycles. The van der Waals surface area contributed by atoms with Crippen LogP contribution in [0.4, 0.5) is 0 Å². The maximum Gasteiger partial charge on any atom is 0.354 e. The second-order valence-corrected chi connectivity index (χ2v) is 4.66. The summed E-state index contributed by atoms with van der Waals surface area (Å²) in [5.41, 5.74) is 0.665. The van der Waals surface area contributed by atoms with Crippen LogP contribution < -0.4 is 0 Å². The molecule has 3 aromatic rings. The lowest BCUT2D eigenvalue weighted by Crippen LogP contribution is -2.05. The molecule has 3 aromatic heterocycles. The summed E-state index contributed by atoms with van der Waals surface area (Å²) in [6.07, 6.45) is 0. The summed E-state index contributed by atoms with van der Waals surface area (Å²) in [4.78, 5) is 20.0. The van der Waals surface area contributed by atoms with Crippen molar-refractivity contribution in [2.24, 2.45) is 0 Å². The van der Waals surface area contributed by atoms with Crippen molar-refractivity contribution in [1.29, 1.82) is 0 Å². The number of rotatable bonds is 2. The first-order valence-electron chi connectivity index (χ1n) is 5.17. The van der Waals surface area contributed by atoms with Gasteiger partial charge in [-0.05, 0) is 24.4 Å². The largest absolute Gasteiger partial charge is 0.477 e. The lowest BCUT2D eigenvalue weighted by atomic mass is 10.3. The van der Waals surface area contributed by atoms with E-state index in [4.69, 9.17) is 5.11 Å². The molecular formula is C11H8N4O2S. The minimum atomic E-state index is -1.07. The van der Waals surface area contributed by atoms with Crippen LogP contribution in [0.3, 0.4) is 0 Å². The first kappa shape index (κ1) is 10.8. The van der Waals surface area contributed by atoms with Gasteiger partial charge in [-0.3, -0.25) is 0 Å². The number of aryl methyl sites for hydroxylation is 1. The van der Waals surface area contributed by atoms with E-state index in [1.54, 1.807) is 11.4 Å². The van der Waals surface area contributed by atoms with Crippen molar-refractivity contribution < 1.29 is 9.90 Å². The molecule has 0 aromatic carbocycles. The van der Waals surface area contributed by atoms with E-state index in [0.717, 1.165) is 4.88 Å². The van der Waals surface area contributed by atoms with Gasteiger partial charge in [0.05, 0.1) is 4.88 Å². The molecule has 18 heavy (non-hydrogen) atoms. The number of aromatic carboxylic acids is 1. The van der Waals surface area contributed by atoms with E-state index in [2.05, 4.69) is 15.1 Å². The highest BCUT2D eigenvalue weighted by molar-refractivity contribution is 7.13. The predicted molar refractivity (Wildman–Crippen MR) is 65.8 cm³/mol. The van der Waals surface area contributed by atoms with Crippen LogP contribution in [-0.4, -0.2) is 30.7 Å². The van der Waals surface area contributed by atoms with Crippen LogP contribution in [-0.2, 0) is 0 Å². The fraction of sp³-hybridized carbons (Fsp3) is 0.0909. The molecule has 0 bridgehead atoms. The van der Waals surface area contributed by atoms with Crippen LogP contribution in [0.2, 0.25) is 0 Å². The van der Waals surface area contributed by atoms with Crippen molar-refractivity contribution in [3.05, 3.63) is 35.0 Å². The number of hydrogen-bond acceptors (Lipinski definition) is 5. The minimum Gasteiger partial charge on any atom is -0.477 e. The van der Waals surface area contributed by atoms with Gasteiger partial charge in [0.15, 0.2) is 11.5 Å².